The molecule has 1 amide bonds. The van der Waals surface area contributed by atoms with Crippen molar-refractivity contribution in [3.8, 4) is 5.75 Å². The predicted octanol–water partition coefficient (Wildman–Crippen LogP) is 7.28. The molecule has 7 atom stereocenters. The highest BCUT2D eigenvalue weighted by Gasteiger charge is 2.49. The number of sulfonamides is 1. The fraction of sp³-hybridized carbons (Fsp3) is 0.717. The van der Waals surface area contributed by atoms with Crippen molar-refractivity contribution in [3.63, 3.8) is 0 Å². The number of ether oxygens (including phenoxy) is 4. The van der Waals surface area contributed by atoms with Crippen LogP contribution in [-0.4, -0.2) is 127 Å². The van der Waals surface area contributed by atoms with Gasteiger partial charge in [0.2, 0.25) is 10.0 Å². The molecule has 2 aliphatic carbocycles. The van der Waals surface area contributed by atoms with Gasteiger partial charge in [-0.3, -0.25) is 9.69 Å². The molecule has 2 bridgehead atoms. The van der Waals surface area contributed by atoms with Crippen molar-refractivity contribution >= 4 is 33.2 Å². The first-order chi connectivity index (χ1) is 28.3. The molecular formula is C46H71ClN4O7S. The zero-order valence-corrected chi connectivity index (χ0v) is 38.1. The van der Waals surface area contributed by atoms with Gasteiger partial charge in [0.1, 0.15) is 11.4 Å². The van der Waals surface area contributed by atoms with Gasteiger partial charge in [0.05, 0.1) is 30.8 Å². The number of halogens is 1. The van der Waals surface area contributed by atoms with Gasteiger partial charge in [0.15, 0.2) is 0 Å². The highest BCUT2D eigenvalue weighted by molar-refractivity contribution is 7.90. The van der Waals surface area contributed by atoms with Gasteiger partial charge in [-0.15, -0.1) is 0 Å². The standard InChI is InChI=1S/C46H71ClN4O7S/c1-7-58-46(32-49-23-18-40(19-24-49)50(25-27-55-5)26-28-56-6)20-10-11-34(2)35(3)59(53,54)48-44(52)36-14-16-43-42(29-36)51(31-37-13-15-41(37)46)22-9-8-12-38-30-39(47)17-21-45(38,4)33-57-43/h10,14,16-17,20-21,29-30,34-35,37-38,40-41H,7-9,11-13,15,18-19,22-28,31-33H2,1-6H3,(H,48,52)/b20-10+/t34-,35+,37-,38?,41+,45?,46+/m0/s1. The van der Waals surface area contributed by atoms with E-state index in [1.807, 2.05) is 25.1 Å². The third-order valence-electron chi connectivity index (χ3n) is 14.2. The number of hydrogen-bond donors (Lipinski definition) is 1. The third-order valence-corrected chi connectivity index (χ3v) is 16.3. The summed E-state index contributed by atoms with van der Waals surface area (Å²) in [5.74, 6) is 0.681. The Hall–Kier alpha value is -2.45. The van der Waals surface area contributed by atoms with E-state index in [4.69, 9.17) is 30.5 Å². The SMILES string of the molecule is CCO[C@@]1(CN2CCC(N(CCOC)CCOC)CC2)/C=C/C[C@H](C)[C@@H](C)S(=O)(=O)NC(=O)c2ccc3c(c2)N(CCCCC2C=C(Cl)C=CC2(C)CO3)C[C@@H]2CC[C@H]21. The van der Waals surface area contributed by atoms with Gasteiger partial charge in [0, 0.05) is 75.6 Å². The Balaban J connectivity index is 1.34. The van der Waals surface area contributed by atoms with E-state index in [1.54, 1.807) is 27.2 Å². The first kappa shape index (κ1) is 46.1. The maximum atomic E-state index is 13.8. The van der Waals surface area contributed by atoms with Crippen LogP contribution in [-0.2, 0) is 24.2 Å². The molecule has 1 N–H and O–H groups in total. The van der Waals surface area contributed by atoms with Gasteiger partial charge in [-0.05, 0) is 120 Å². The van der Waals surface area contributed by atoms with Crippen LogP contribution in [0.1, 0.15) is 89.4 Å². The van der Waals surface area contributed by atoms with Gasteiger partial charge < -0.3 is 28.7 Å². The number of fused-ring (bicyclic) bond motifs is 3. The van der Waals surface area contributed by atoms with E-state index in [-0.39, 0.29) is 23.2 Å². The zero-order chi connectivity index (χ0) is 42.2. The van der Waals surface area contributed by atoms with Crippen LogP contribution in [0.25, 0.3) is 0 Å². The Morgan fingerprint density at radius 1 is 1.00 bits per heavy atom. The normalized spacial score (nSPS) is 32.7. The number of hydrogen-bond acceptors (Lipinski definition) is 10. The largest absolute Gasteiger partial charge is 0.490 e. The maximum absolute atomic E-state index is 13.8. The van der Waals surface area contributed by atoms with Gasteiger partial charge in [-0.2, -0.15) is 0 Å². The van der Waals surface area contributed by atoms with Crippen molar-refractivity contribution in [2.75, 3.05) is 91.4 Å². The van der Waals surface area contributed by atoms with E-state index in [1.165, 1.54) is 0 Å². The van der Waals surface area contributed by atoms with E-state index in [0.29, 0.717) is 56.1 Å². The smallest absolute Gasteiger partial charge is 0.264 e. The van der Waals surface area contributed by atoms with Crippen LogP contribution in [0.4, 0.5) is 5.69 Å². The fourth-order valence-electron chi connectivity index (χ4n) is 10.1. The Morgan fingerprint density at radius 3 is 2.42 bits per heavy atom. The summed E-state index contributed by atoms with van der Waals surface area (Å²) >= 11 is 6.53. The molecule has 6 rings (SSSR count). The fourth-order valence-corrected chi connectivity index (χ4v) is 11.6. The molecule has 0 radical (unpaired) electrons. The third kappa shape index (κ3) is 11.1. The highest BCUT2D eigenvalue weighted by Crippen LogP contribution is 2.48. The van der Waals surface area contributed by atoms with E-state index in [2.05, 4.69) is 57.6 Å². The number of amides is 1. The summed E-state index contributed by atoms with van der Waals surface area (Å²) in [5, 5.41) is -0.0267. The Bertz CT molecular complexity index is 1760. The Labute approximate surface area is 359 Å². The van der Waals surface area contributed by atoms with Gasteiger partial charge in [-0.25, -0.2) is 13.1 Å². The number of nitrogens with zero attached hydrogens (tertiary/aromatic N) is 3. The molecule has 0 spiro atoms. The van der Waals surface area contributed by atoms with Crippen LogP contribution in [0.15, 0.2) is 53.6 Å². The highest BCUT2D eigenvalue weighted by atomic mass is 35.5. The lowest BCUT2D eigenvalue weighted by Crippen LogP contribution is -2.58. The molecule has 1 saturated carbocycles. The molecule has 3 aliphatic heterocycles. The second-order valence-corrected chi connectivity index (χ2v) is 20.5. The van der Waals surface area contributed by atoms with Crippen molar-refractivity contribution in [1.82, 2.24) is 14.5 Å². The molecule has 2 unspecified atom stereocenters. The lowest BCUT2D eigenvalue weighted by Gasteiger charge is -2.52. The molecule has 3 heterocycles. The van der Waals surface area contributed by atoms with E-state index < -0.39 is 26.8 Å². The predicted molar refractivity (Wildman–Crippen MR) is 237 cm³/mol. The molecule has 0 aromatic heterocycles. The molecule has 59 heavy (non-hydrogen) atoms. The van der Waals surface area contributed by atoms with Gasteiger partial charge >= 0.3 is 0 Å². The van der Waals surface area contributed by atoms with E-state index >= 15 is 0 Å². The minimum Gasteiger partial charge on any atom is -0.490 e. The summed E-state index contributed by atoms with van der Waals surface area (Å²) < 4.78 is 54.6. The molecule has 2 fully saturated rings. The number of methoxy groups -OCH3 is 2. The van der Waals surface area contributed by atoms with Crippen LogP contribution in [0.5, 0.6) is 5.75 Å². The van der Waals surface area contributed by atoms with Crippen LogP contribution >= 0.6 is 11.6 Å². The van der Waals surface area contributed by atoms with Crippen LogP contribution < -0.4 is 14.4 Å². The number of likely N-dealkylation sites (tertiary alicyclic amines) is 1. The van der Waals surface area contributed by atoms with Crippen molar-refractivity contribution < 1.29 is 32.2 Å². The zero-order valence-electron chi connectivity index (χ0n) is 36.5. The van der Waals surface area contributed by atoms with E-state index in [9.17, 15) is 13.2 Å². The van der Waals surface area contributed by atoms with Crippen LogP contribution in [0.3, 0.4) is 0 Å². The first-order valence-corrected chi connectivity index (χ1v) is 24.1. The average molecular weight is 860 g/mol. The molecule has 1 aromatic carbocycles. The minimum absolute atomic E-state index is 0.234. The number of rotatable bonds is 11. The number of carbonyl (C=O) groups is 1. The topological polar surface area (TPSA) is 110 Å². The minimum atomic E-state index is -3.98. The quantitative estimate of drug-likeness (QED) is 0.228. The Kier molecular flexibility index (Phi) is 16.1. The monoisotopic (exact) mass is 858 g/mol. The lowest BCUT2D eigenvalue weighted by atomic mass is 9.63. The maximum Gasteiger partial charge on any atom is 0.264 e. The second kappa shape index (κ2) is 20.6. The summed E-state index contributed by atoms with van der Waals surface area (Å²) in [5.41, 5.74) is 0.343. The summed E-state index contributed by atoms with van der Waals surface area (Å²) in [6.07, 6.45) is 18.5. The summed E-state index contributed by atoms with van der Waals surface area (Å²) in [4.78, 5) is 21.3. The van der Waals surface area contributed by atoms with Crippen LogP contribution in [0, 0.1) is 29.1 Å². The van der Waals surface area contributed by atoms with Crippen molar-refractivity contribution in [3.05, 3.63) is 59.2 Å². The molecule has 1 aromatic rings. The van der Waals surface area contributed by atoms with Gasteiger partial charge in [-0.1, -0.05) is 56.2 Å². The average Bonchev–Trinajstić information content (AvgIpc) is 3.22. The first-order valence-electron chi connectivity index (χ1n) is 22.2. The molecule has 330 valence electrons. The number of anilines is 1. The molecule has 11 nitrogen and oxygen atoms in total. The number of allylic oxidation sites excluding steroid dienone is 4. The van der Waals surface area contributed by atoms with Crippen molar-refractivity contribution in [2.45, 2.75) is 96.0 Å². The number of benzene rings is 1. The molecular weight excluding hydrogens is 788 g/mol. The molecule has 1 saturated heterocycles. The lowest BCUT2D eigenvalue weighted by molar-refractivity contribution is -0.112. The van der Waals surface area contributed by atoms with Crippen molar-refractivity contribution in [2.24, 2.45) is 29.1 Å². The summed E-state index contributed by atoms with van der Waals surface area (Å²) in [7, 11) is -0.456. The van der Waals surface area contributed by atoms with E-state index in [0.717, 1.165) is 101 Å². The molecule has 13 heteroatoms. The van der Waals surface area contributed by atoms with Crippen molar-refractivity contribution in [1.29, 1.82) is 0 Å². The summed E-state index contributed by atoms with van der Waals surface area (Å²) in [6, 6.07) is 5.87. The molecule has 5 aliphatic rings. The number of nitrogens with one attached hydrogen (secondary N) is 1. The van der Waals surface area contributed by atoms with Gasteiger partial charge in [0.25, 0.3) is 5.91 Å². The number of carbonyl (C=O) groups excluding carboxylic acids is 1. The van der Waals surface area contributed by atoms with Crippen LogP contribution in [0.2, 0.25) is 0 Å². The second-order valence-electron chi connectivity index (χ2n) is 18.1. The Morgan fingerprint density at radius 2 is 1.75 bits per heavy atom. The number of piperidine rings is 1. The summed E-state index contributed by atoms with van der Waals surface area (Å²) in [6.45, 7) is 16.5.